The van der Waals surface area contributed by atoms with E-state index in [9.17, 15) is 0 Å². The molecule has 2 aliphatic rings. The summed E-state index contributed by atoms with van der Waals surface area (Å²) in [5, 5.41) is 0. The second-order valence-electron chi connectivity index (χ2n) is 28.1. The zero-order valence-electron chi connectivity index (χ0n) is 47.4. The Labute approximate surface area is 421 Å². The van der Waals surface area contributed by atoms with E-state index in [0.717, 1.165) is 19.3 Å². The summed E-state index contributed by atoms with van der Waals surface area (Å²) in [4.78, 5) is 0. The molecule has 0 nitrogen and oxygen atoms in total. The number of hydrogen-bond acceptors (Lipinski definition) is 0. The first-order chi connectivity index (χ1) is 31.6. The van der Waals surface area contributed by atoms with Crippen LogP contribution in [0.5, 0.6) is 0 Å². The highest BCUT2D eigenvalue weighted by Crippen LogP contribution is 2.57. The van der Waals surface area contributed by atoms with Crippen molar-refractivity contribution in [2.45, 2.75) is 215 Å². The molecule has 0 aromatic heterocycles. The molecule has 4 bridgehead atoms. The zero-order chi connectivity index (χ0) is 51.0. The molecule has 0 amide bonds. The van der Waals surface area contributed by atoms with E-state index in [1.54, 1.807) is 0 Å². The number of aryl methyl sites for hydroxylation is 1. The summed E-state index contributed by atoms with van der Waals surface area (Å²) in [6.45, 7) is 52.9. The fourth-order valence-electron chi connectivity index (χ4n) is 11.5. The predicted octanol–water partition coefficient (Wildman–Crippen LogP) is 20.1. The lowest BCUT2D eigenvalue weighted by molar-refractivity contribution is 0.302. The molecule has 364 valence electrons. The fourth-order valence-corrected chi connectivity index (χ4v) is 11.5. The van der Waals surface area contributed by atoms with Crippen LogP contribution in [-0.2, 0) is 49.7 Å². The van der Waals surface area contributed by atoms with Crippen molar-refractivity contribution in [2.75, 3.05) is 0 Å². The average molecular weight is 917 g/mol. The van der Waals surface area contributed by atoms with E-state index in [-0.39, 0.29) is 43.3 Å². The Bertz CT molecular complexity index is 2990. The van der Waals surface area contributed by atoms with Gasteiger partial charge in [0.1, 0.15) is 0 Å². The molecule has 0 heteroatoms. The summed E-state index contributed by atoms with van der Waals surface area (Å²) in [7, 11) is 0. The summed E-state index contributed by atoms with van der Waals surface area (Å²) >= 11 is 0. The topological polar surface area (TPSA) is 0 Å². The molecule has 0 unspecified atom stereocenters. The van der Waals surface area contributed by atoms with Gasteiger partial charge in [0.2, 0.25) is 0 Å². The van der Waals surface area contributed by atoms with Crippen LogP contribution in [-0.4, -0.2) is 0 Å². The van der Waals surface area contributed by atoms with Gasteiger partial charge in [-0.25, -0.2) is 0 Å². The zero-order valence-corrected chi connectivity index (χ0v) is 47.4. The number of hydrogen-bond donors (Lipinski definition) is 0. The normalized spacial score (nSPS) is 16.2. The van der Waals surface area contributed by atoms with E-state index < -0.39 is 0 Å². The third-order valence-electron chi connectivity index (χ3n) is 17.5. The van der Waals surface area contributed by atoms with Gasteiger partial charge in [-0.3, -0.25) is 0 Å². The Hall–Kier alpha value is -4.68. The Kier molecular flexibility index (Phi) is 12.1. The quantitative estimate of drug-likeness (QED) is 0.156. The molecule has 8 rings (SSSR count). The molecule has 6 aromatic carbocycles. The molecule has 0 heterocycles. The maximum Gasteiger partial charge on any atom is 0.0159 e. The van der Waals surface area contributed by atoms with Crippen molar-refractivity contribution in [1.82, 2.24) is 0 Å². The molecule has 0 saturated heterocycles. The Morgan fingerprint density at radius 2 is 0.667 bits per heavy atom. The van der Waals surface area contributed by atoms with Crippen LogP contribution in [0.2, 0.25) is 0 Å². The maximum atomic E-state index is 2.63. The van der Waals surface area contributed by atoms with Crippen LogP contribution in [0, 0.1) is 0 Å². The van der Waals surface area contributed by atoms with Crippen molar-refractivity contribution < 1.29 is 0 Å². The van der Waals surface area contributed by atoms with E-state index in [1.807, 2.05) is 0 Å². The summed E-state index contributed by atoms with van der Waals surface area (Å²) in [6, 6.07) is 40.8. The molecule has 0 fully saturated rings. The Balaban J connectivity index is 1.53. The van der Waals surface area contributed by atoms with Crippen molar-refractivity contribution in [2.24, 2.45) is 0 Å². The van der Waals surface area contributed by atoms with Crippen molar-refractivity contribution in [3.63, 3.8) is 0 Å². The number of fused-ring (bicyclic) bond motifs is 10. The van der Waals surface area contributed by atoms with Crippen LogP contribution in [0.15, 0.2) is 97.1 Å². The highest BCUT2D eigenvalue weighted by atomic mass is 14.5. The third-order valence-corrected chi connectivity index (χ3v) is 17.5. The van der Waals surface area contributed by atoms with Crippen LogP contribution < -0.4 is 0 Å². The molecule has 0 atom stereocenters. The van der Waals surface area contributed by atoms with Gasteiger partial charge in [-0.15, -0.1) is 0 Å². The summed E-state index contributed by atoms with van der Waals surface area (Å²) < 4.78 is 0. The lowest BCUT2D eigenvalue weighted by Crippen LogP contribution is -2.41. The van der Waals surface area contributed by atoms with Gasteiger partial charge in [0.15, 0.2) is 0 Å². The van der Waals surface area contributed by atoms with E-state index in [4.69, 9.17) is 0 Å². The first-order valence-corrected chi connectivity index (χ1v) is 26.6. The first kappa shape index (κ1) is 50.7. The second kappa shape index (κ2) is 16.4. The SMILES string of the molecule is CCCC(C)(C)c1cc(-c2cc3c(cc2-c2cc(CC)cc(C(C)(C)C)c2)C(C)(C)c2cc4c(cc2-3)-c2cc(C(C)(C)C)cc(c2)C(C)(C)C(C)(C)c2cc-4cc(C(C)(C)C)c2)cc(C(C)(C)C)c1. The molecule has 0 aliphatic heterocycles. The second-order valence-corrected chi connectivity index (χ2v) is 28.1. The van der Waals surface area contributed by atoms with Crippen LogP contribution in [0.3, 0.4) is 0 Å². The van der Waals surface area contributed by atoms with Gasteiger partial charge in [-0.05, 0) is 186 Å². The van der Waals surface area contributed by atoms with Crippen molar-refractivity contribution in [3.8, 4) is 55.6 Å². The lowest BCUT2D eigenvalue weighted by Gasteiger charge is -2.44. The Morgan fingerprint density at radius 3 is 1.04 bits per heavy atom. The molecule has 0 N–H and O–H groups in total. The molecule has 0 radical (unpaired) electrons. The monoisotopic (exact) mass is 917 g/mol. The van der Waals surface area contributed by atoms with Crippen LogP contribution in [0.4, 0.5) is 0 Å². The van der Waals surface area contributed by atoms with Crippen molar-refractivity contribution in [3.05, 3.63) is 153 Å². The number of rotatable bonds is 6. The first-order valence-electron chi connectivity index (χ1n) is 26.6. The van der Waals surface area contributed by atoms with Gasteiger partial charge in [-0.1, -0.05) is 232 Å². The minimum Gasteiger partial charge on any atom is -0.0654 e. The van der Waals surface area contributed by atoms with Crippen molar-refractivity contribution >= 4 is 0 Å². The van der Waals surface area contributed by atoms with Crippen LogP contribution in [0.25, 0.3) is 55.6 Å². The fraction of sp³-hybridized carbons (Fsp3) is 0.478. The largest absolute Gasteiger partial charge is 0.0654 e. The van der Waals surface area contributed by atoms with E-state index in [1.165, 1.54) is 111 Å². The van der Waals surface area contributed by atoms with E-state index >= 15 is 0 Å². The molecule has 69 heavy (non-hydrogen) atoms. The molecular formula is C69H88. The van der Waals surface area contributed by atoms with Crippen molar-refractivity contribution in [1.29, 1.82) is 0 Å². The summed E-state index contributed by atoms with van der Waals surface area (Å²) in [5.74, 6) is 0. The van der Waals surface area contributed by atoms with Gasteiger partial charge in [0, 0.05) is 5.41 Å². The van der Waals surface area contributed by atoms with Gasteiger partial charge >= 0.3 is 0 Å². The minimum atomic E-state index is -0.247. The van der Waals surface area contributed by atoms with Gasteiger partial charge in [0.25, 0.3) is 0 Å². The molecular weight excluding hydrogens is 829 g/mol. The lowest BCUT2D eigenvalue weighted by atomic mass is 9.59. The van der Waals surface area contributed by atoms with E-state index in [2.05, 4.69) is 249 Å². The summed E-state index contributed by atoms with van der Waals surface area (Å²) in [6.07, 6.45) is 3.29. The van der Waals surface area contributed by atoms with Crippen LogP contribution >= 0.6 is 0 Å². The third kappa shape index (κ3) is 8.82. The molecule has 0 spiro atoms. The predicted molar refractivity (Wildman–Crippen MR) is 304 cm³/mol. The highest BCUT2D eigenvalue weighted by Gasteiger charge is 2.43. The number of benzene rings is 6. The molecule has 6 aromatic rings. The average Bonchev–Trinajstić information content (AvgIpc) is 3.47. The van der Waals surface area contributed by atoms with Crippen LogP contribution in [0.1, 0.15) is 221 Å². The smallest absolute Gasteiger partial charge is 0.0159 e. The standard InChI is InChI=1S/C69H88/c1-23-25-66(15,16)51-32-44(29-48(35-51)63(6,7)8)54-38-58-59-39-55-45-30-49(64(9,10)11)36-52(33-45)68(19,20)69(21,22)53-34-46(31-50(37-53)65(12,13)14)57(55)41-61(59)67(17,18)60(58)40-56(54)43-26-42(24-2)27-47(28-43)62(3,4)5/h26-41H,23-25H2,1-22H3. The summed E-state index contributed by atoms with van der Waals surface area (Å²) in [5.41, 5.74) is 26.8. The van der Waals surface area contributed by atoms with Gasteiger partial charge in [-0.2, -0.15) is 0 Å². The minimum absolute atomic E-state index is 0.0116. The van der Waals surface area contributed by atoms with E-state index in [0.29, 0.717) is 0 Å². The van der Waals surface area contributed by atoms with Gasteiger partial charge < -0.3 is 0 Å². The molecule has 2 aliphatic carbocycles. The highest BCUT2D eigenvalue weighted by molar-refractivity contribution is 5.97. The molecule has 0 saturated carbocycles. The Morgan fingerprint density at radius 1 is 0.333 bits per heavy atom. The maximum absolute atomic E-state index is 2.63. The van der Waals surface area contributed by atoms with Gasteiger partial charge in [0.05, 0.1) is 0 Å².